The SMILES string of the molecule is CC(C)CNC(=O)[C@@H](C)Sc1nnc(-c2cccs2)n1C1CC1. The Kier molecular flexibility index (Phi) is 5.06. The average molecular weight is 351 g/mol. The minimum absolute atomic E-state index is 0.0618. The first-order valence-corrected chi connectivity index (χ1v) is 9.75. The molecule has 7 heteroatoms. The minimum Gasteiger partial charge on any atom is -0.355 e. The zero-order chi connectivity index (χ0) is 16.4. The van der Waals surface area contributed by atoms with Crippen LogP contribution in [0.25, 0.3) is 10.7 Å². The Morgan fingerprint density at radius 1 is 1.43 bits per heavy atom. The summed E-state index contributed by atoms with van der Waals surface area (Å²) < 4.78 is 2.21. The van der Waals surface area contributed by atoms with E-state index in [4.69, 9.17) is 0 Å². The van der Waals surface area contributed by atoms with Gasteiger partial charge in [0.05, 0.1) is 10.1 Å². The third-order valence-corrected chi connectivity index (χ3v) is 5.58. The monoisotopic (exact) mass is 350 g/mol. The van der Waals surface area contributed by atoms with E-state index in [0.29, 0.717) is 18.5 Å². The highest BCUT2D eigenvalue weighted by molar-refractivity contribution is 8.00. The van der Waals surface area contributed by atoms with Crippen molar-refractivity contribution in [3.8, 4) is 10.7 Å². The number of aromatic nitrogens is 3. The van der Waals surface area contributed by atoms with Gasteiger partial charge in [0.25, 0.3) is 0 Å². The molecule has 1 aliphatic rings. The zero-order valence-electron chi connectivity index (χ0n) is 13.7. The van der Waals surface area contributed by atoms with Crippen molar-refractivity contribution in [1.29, 1.82) is 0 Å². The lowest BCUT2D eigenvalue weighted by atomic mass is 10.2. The molecule has 5 nitrogen and oxygen atoms in total. The third kappa shape index (κ3) is 3.95. The Morgan fingerprint density at radius 3 is 2.83 bits per heavy atom. The van der Waals surface area contributed by atoms with Crippen molar-refractivity contribution in [2.45, 2.75) is 50.1 Å². The molecule has 3 rings (SSSR count). The summed E-state index contributed by atoms with van der Waals surface area (Å²) in [6.45, 7) is 6.82. The maximum atomic E-state index is 12.2. The summed E-state index contributed by atoms with van der Waals surface area (Å²) in [5.74, 6) is 1.45. The molecule has 0 aliphatic heterocycles. The Bertz CT molecular complexity index is 662. The lowest BCUT2D eigenvalue weighted by Gasteiger charge is -2.14. The number of thiophene rings is 1. The van der Waals surface area contributed by atoms with Gasteiger partial charge in [-0.3, -0.25) is 9.36 Å². The molecule has 0 bridgehead atoms. The van der Waals surface area contributed by atoms with Gasteiger partial charge in [0.2, 0.25) is 5.91 Å². The van der Waals surface area contributed by atoms with Gasteiger partial charge in [0.15, 0.2) is 11.0 Å². The molecule has 2 aromatic heterocycles. The molecule has 0 radical (unpaired) electrons. The van der Waals surface area contributed by atoms with Crippen LogP contribution in [0.2, 0.25) is 0 Å². The van der Waals surface area contributed by atoms with Crippen LogP contribution < -0.4 is 5.32 Å². The molecule has 0 spiro atoms. The van der Waals surface area contributed by atoms with E-state index in [1.807, 2.05) is 13.0 Å². The van der Waals surface area contributed by atoms with E-state index in [9.17, 15) is 4.79 Å². The number of amides is 1. The summed E-state index contributed by atoms with van der Waals surface area (Å²) in [6.07, 6.45) is 2.33. The average Bonchev–Trinajstić information content (AvgIpc) is 3.05. The Balaban J connectivity index is 1.74. The van der Waals surface area contributed by atoms with Gasteiger partial charge in [0, 0.05) is 12.6 Å². The van der Waals surface area contributed by atoms with Crippen molar-refractivity contribution < 1.29 is 4.79 Å². The molecular formula is C16H22N4OS2. The van der Waals surface area contributed by atoms with Crippen LogP contribution in [-0.4, -0.2) is 32.5 Å². The first kappa shape index (κ1) is 16.5. The fourth-order valence-corrected chi connectivity index (χ4v) is 3.90. The molecule has 0 saturated heterocycles. The van der Waals surface area contributed by atoms with Crippen LogP contribution in [-0.2, 0) is 4.79 Å². The highest BCUT2D eigenvalue weighted by Gasteiger charge is 2.31. The first-order chi connectivity index (χ1) is 11.1. The molecule has 0 aromatic carbocycles. The number of hydrogen-bond acceptors (Lipinski definition) is 5. The lowest BCUT2D eigenvalue weighted by Crippen LogP contribution is -2.33. The summed E-state index contributed by atoms with van der Waals surface area (Å²) in [6, 6.07) is 4.58. The summed E-state index contributed by atoms with van der Waals surface area (Å²) in [7, 11) is 0. The van der Waals surface area contributed by atoms with Crippen LogP contribution in [0.3, 0.4) is 0 Å². The number of carbonyl (C=O) groups excluding carboxylic acids is 1. The summed E-state index contributed by atoms with van der Waals surface area (Å²) in [5.41, 5.74) is 0. The van der Waals surface area contributed by atoms with Gasteiger partial charge in [-0.2, -0.15) is 0 Å². The smallest absolute Gasteiger partial charge is 0.233 e. The number of rotatable bonds is 7. The second-order valence-corrected chi connectivity index (χ2v) is 8.54. The number of carbonyl (C=O) groups is 1. The van der Waals surface area contributed by atoms with Crippen molar-refractivity contribution in [3.05, 3.63) is 17.5 Å². The van der Waals surface area contributed by atoms with E-state index in [2.05, 4.69) is 45.4 Å². The van der Waals surface area contributed by atoms with Crippen LogP contribution in [0.4, 0.5) is 0 Å². The van der Waals surface area contributed by atoms with Gasteiger partial charge < -0.3 is 5.32 Å². The van der Waals surface area contributed by atoms with Gasteiger partial charge in [0.1, 0.15) is 0 Å². The van der Waals surface area contributed by atoms with Gasteiger partial charge in [-0.05, 0) is 37.1 Å². The zero-order valence-corrected chi connectivity index (χ0v) is 15.3. The second-order valence-electron chi connectivity index (χ2n) is 6.28. The highest BCUT2D eigenvalue weighted by Crippen LogP contribution is 2.42. The number of thioether (sulfide) groups is 1. The predicted molar refractivity (Wildman–Crippen MR) is 94.8 cm³/mol. The van der Waals surface area contributed by atoms with Crippen LogP contribution in [0.15, 0.2) is 22.7 Å². The molecule has 1 N–H and O–H groups in total. The minimum atomic E-state index is -0.174. The number of hydrogen-bond donors (Lipinski definition) is 1. The Morgan fingerprint density at radius 2 is 2.22 bits per heavy atom. The summed E-state index contributed by atoms with van der Waals surface area (Å²) in [4.78, 5) is 13.3. The normalized spacial score (nSPS) is 15.8. The van der Waals surface area contributed by atoms with Crippen molar-refractivity contribution in [2.24, 2.45) is 5.92 Å². The largest absolute Gasteiger partial charge is 0.355 e. The lowest BCUT2D eigenvalue weighted by molar-refractivity contribution is -0.120. The van der Waals surface area contributed by atoms with Gasteiger partial charge >= 0.3 is 0 Å². The maximum absolute atomic E-state index is 12.2. The van der Waals surface area contributed by atoms with Crippen molar-refractivity contribution >= 4 is 29.0 Å². The number of nitrogens with one attached hydrogen (secondary N) is 1. The van der Waals surface area contributed by atoms with Crippen LogP contribution in [0.5, 0.6) is 0 Å². The molecule has 2 heterocycles. The fraction of sp³-hybridized carbons (Fsp3) is 0.562. The molecule has 1 saturated carbocycles. The Hall–Kier alpha value is -1.34. The van der Waals surface area contributed by atoms with Gasteiger partial charge in [-0.25, -0.2) is 0 Å². The van der Waals surface area contributed by atoms with Crippen molar-refractivity contribution in [2.75, 3.05) is 6.54 Å². The topological polar surface area (TPSA) is 59.8 Å². The van der Waals surface area contributed by atoms with Crippen LogP contribution in [0.1, 0.15) is 39.7 Å². The first-order valence-electron chi connectivity index (χ1n) is 7.99. The van der Waals surface area contributed by atoms with E-state index in [1.165, 1.54) is 11.8 Å². The van der Waals surface area contributed by atoms with Crippen molar-refractivity contribution in [3.63, 3.8) is 0 Å². The standard InChI is InChI=1S/C16H22N4OS2/c1-10(2)9-17-15(21)11(3)23-16-19-18-14(13-5-4-8-22-13)20(16)12-6-7-12/h4-5,8,10-12H,6-7,9H2,1-3H3,(H,17,21)/t11-/m1/s1. The second kappa shape index (κ2) is 7.05. The fourth-order valence-electron chi connectivity index (χ4n) is 2.25. The van der Waals surface area contributed by atoms with E-state index in [0.717, 1.165) is 28.7 Å². The molecular weight excluding hydrogens is 328 g/mol. The van der Waals surface area contributed by atoms with Gasteiger partial charge in [-0.1, -0.05) is 31.7 Å². The van der Waals surface area contributed by atoms with E-state index in [-0.39, 0.29) is 11.2 Å². The maximum Gasteiger partial charge on any atom is 0.233 e. The van der Waals surface area contributed by atoms with Crippen molar-refractivity contribution in [1.82, 2.24) is 20.1 Å². The van der Waals surface area contributed by atoms with Crippen LogP contribution in [0, 0.1) is 5.92 Å². The summed E-state index contributed by atoms with van der Waals surface area (Å²) >= 11 is 3.17. The predicted octanol–water partition coefficient (Wildman–Crippen LogP) is 3.59. The number of nitrogens with zero attached hydrogens (tertiary/aromatic N) is 3. The van der Waals surface area contributed by atoms with E-state index < -0.39 is 0 Å². The quantitative estimate of drug-likeness (QED) is 0.775. The molecule has 2 aromatic rings. The Labute approximate surface area is 144 Å². The van der Waals surface area contributed by atoms with Crippen LogP contribution >= 0.6 is 23.1 Å². The molecule has 1 amide bonds. The van der Waals surface area contributed by atoms with E-state index >= 15 is 0 Å². The molecule has 1 aliphatic carbocycles. The van der Waals surface area contributed by atoms with Gasteiger partial charge in [-0.15, -0.1) is 21.5 Å². The molecule has 0 unspecified atom stereocenters. The molecule has 23 heavy (non-hydrogen) atoms. The highest BCUT2D eigenvalue weighted by atomic mass is 32.2. The van der Waals surface area contributed by atoms with E-state index in [1.54, 1.807) is 11.3 Å². The molecule has 1 atom stereocenters. The third-order valence-electron chi connectivity index (χ3n) is 3.65. The summed E-state index contributed by atoms with van der Waals surface area (Å²) in [5, 5.41) is 14.4. The molecule has 1 fully saturated rings. The molecule has 124 valence electrons.